The fourth-order valence-electron chi connectivity index (χ4n) is 1.59. The molecule has 1 heterocycles. The first-order valence-electron chi connectivity index (χ1n) is 6.25. The maximum atomic E-state index is 11.8. The predicted molar refractivity (Wildman–Crippen MR) is 73.3 cm³/mol. The van der Waals surface area contributed by atoms with E-state index >= 15 is 0 Å². The van der Waals surface area contributed by atoms with E-state index in [-0.39, 0.29) is 12.0 Å². The molecule has 0 radical (unpaired) electrons. The van der Waals surface area contributed by atoms with Gasteiger partial charge >= 0.3 is 5.97 Å². The molecule has 0 fully saturated rings. The van der Waals surface area contributed by atoms with Crippen molar-refractivity contribution in [1.82, 2.24) is 15.1 Å². The first-order valence-corrected chi connectivity index (χ1v) is 7.04. The zero-order valence-corrected chi connectivity index (χ0v) is 12.4. The number of aromatic nitrogens is 2. The van der Waals surface area contributed by atoms with Gasteiger partial charge in [0, 0.05) is 12.7 Å². The zero-order chi connectivity index (χ0) is 13.4. The van der Waals surface area contributed by atoms with E-state index in [4.69, 9.17) is 4.74 Å². The molecule has 0 aromatic carbocycles. The molecule has 102 valence electrons. The van der Waals surface area contributed by atoms with Crippen molar-refractivity contribution in [2.75, 3.05) is 13.2 Å². The van der Waals surface area contributed by atoms with Crippen molar-refractivity contribution in [3.05, 3.63) is 16.9 Å². The van der Waals surface area contributed by atoms with Crippen LogP contribution in [0.15, 0.2) is 16.9 Å². The van der Waals surface area contributed by atoms with Crippen LogP contribution in [0.4, 0.5) is 0 Å². The van der Waals surface area contributed by atoms with E-state index in [1.807, 2.05) is 17.8 Å². The molecule has 0 aliphatic heterocycles. The SMILES string of the molecule is CCCNC(CCn1cc(Br)cn1)C(=O)OCC. The molecule has 1 atom stereocenters. The number of aryl methyl sites for hydroxylation is 1. The van der Waals surface area contributed by atoms with Crippen LogP contribution in [-0.4, -0.2) is 34.9 Å². The summed E-state index contributed by atoms with van der Waals surface area (Å²) in [6.07, 6.45) is 5.29. The molecule has 0 amide bonds. The predicted octanol–water partition coefficient (Wildman–Crippen LogP) is 1.97. The van der Waals surface area contributed by atoms with Gasteiger partial charge in [0.05, 0.1) is 17.3 Å². The van der Waals surface area contributed by atoms with Crippen molar-refractivity contribution in [2.45, 2.75) is 39.3 Å². The number of nitrogens with one attached hydrogen (secondary N) is 1. The Balaban J connectivity index is 2.46. The molecule has 0 saturated heterocycles. The molecule has 0 aliphatic carbocycles. The number of carbonyl (C=O) groups is 1. The Morgan fingerprint density at radius 2 is 2.39 bits per heavy atom. The van der Waals surface area contributed by atoms with Crippen LogP contribution >= 0.6 is 15.9 Å². The van der Waals surface area contributed by atoms with E-state index in [9.17, 15) is 4.79 Å². The molecule has 0 bridgehead atoms. The van der Waals surface area contributed by atoms with E-state index in [1.54, 1.807) is 6.20 Å². The van der Waals surface area contributed by atoms with Crippen molar-refractivity contribution < 1.29 is 9.53 Å². The van der Waals surface area contributed by atoms with Gasteiger partial charge in [-0.2, -0.15) is 5.10 Å². The second-order valence-electron chi connectivity index (χ2n) is 3.97. The second kappa shape index (κ2) is 8.26. The van der Waals surface area contributed by atoms with Gasteiger partial charge in [0.1, 0.15) is 6.04 Å². The lowest BCUT2D eigenvalue weighted by Gasteiger charge is -2.16. The quantitative estimate of drug-likeness (QED) is 0.745. The Morgan fingerprint density at radius 1 is 1.61 bits per heavy atom. The summed E-state index contributed by atoms with van der Waals surface area (Å²) in [5.74, 6) is -0.183. The topological polar surface area (TPSA) is 56.2 Å². The maximum Gasteiger partial charge on any atom is 0.323 e. The van der Waals surface area contributed by atoms with E-state index in [0.717, 1.165) is 17.4 Å². The maximum absolute atomic E-state index is 11.8. The van der Waals surface area contributed by atoms with Gasteiger partial charge < -0.3 is 10.1 Å². The number of rotatable bonds is 8. The lowest BCUT2D eigenvalue weighted by Crippen LogP contribution is -2.39. The standard InChI is InChI=1S/C12H20BrN3O2/c1-3-6-14-11(12(17)18-4-2)5-7-16-9-10(13)8-15-16/h8-9,11,14H,3-7H2,1-2H3. The third kappa shape index (κ3) is 5.18. The molecule has 0 aliphatic rings. The minimum Gasteiger partial charge on any atom is -0.465 e. The molecule has 6 heteroatoms. The minimum atomic E-state index is -0.257. The van der Waals surface area contributed by atoms with Gasteiger partial charge in [-0.25, -0.2) is 0 Å². The van der Waals surface area contributed by atoms with Crippen molar-refractivity contribution >= 4 is 21.9 Å². The van der Waals surface area contributed by atoms with Gasteiger partial charge in [0.2, 0.25) is 0 Å². The molecule has 1 aromatic heterocycles. The first kappa shape index (κ1) is 15.2. The van der Waals surface area contributed by atoms with Gasteiger partial charge in [-0.3, -0.25) is 9.48 Å². The van der Waals surface area contributed by atoms with Gasteiger partial charge in [-0.1, -0.05) is 6.92 Å². The molecular formula is C12H20BrN3O2. The third-order valence-corrected chi connectivity index (χ3v) is 2.87. The Kier molecular flexibility index (Phi) is 6.97. The highest BCUT2D eigenvalue weighted by Crippen LogP contribution is 2.07. The average Bonchev–Trinajstić information content (AvgIpc) is 2.75. The van der Waals surface area contributed by atoms with Gasteiger partial charge in [0.25, 0.3) is 0 Å². The number of carbonyl (C=O) groups excluding carboxylic acids is 1. The summed E-state index contributed by atoms with van der Waals surface area (Å²) < 4.78 is 7.81. The summed E-state index contributed by atoms with van der Waals surface area (Å²) >= 11 is 3.34. The highest BCUT2D eigenvalue weighted by Gasteiger charge is 2.18. The van der Waals surface area contributed by atoms with Crippen LogP contribution in [0.25, 0.3) is 0 Å². The highest BCUT2D eigenvalue weighted by molar-refractivity contribution is 9.10. The van der Waals surface area contributed by atoms with Crippen molar-refractivity contribution in [2.24, 2.45) is 0 Å². The number of hydrogen-bond donors (Lipinski definition) is 1. The second-order valence-corrected chi connectivity index (χ2v) is 4.88. The molecule has 1 rings (SSSR count). The van der Waals surface area contributed by atoms with Crippen LogP contribution in [0.2, 0.25) is 0 Å². The Labute approximate surface area is 116 Å². The monoisotopic (exact) mass is 317 g/mol. The Morgan fingerprint density at radius 3 is 2.94 bits per heavy atom. The summed E-state index contributed by atoms with van der Waals surface area (Å²) in [5, 5.41) is 7.37. The van der Waals surface area contributed by atoms with Crippen LogP contribution in [0, 0.1) is 0 Å². The summed E-state index contributed by atoms with van der Waals surface area (Å²) in [6.45, 7) is 5.80. The number of nitrogens with zero attached hydrogens (tertiary/aromatic N) is 2. The summed E-state index contributed by atoms with van der Waals surface area (Å²) in [4.78, 5) is 11.8. The fourth-order valence-corrected chi connectivity index (χ4v) is 1.91. The summed E-state index contributed by atoms with van der Waals surface area (Å²) in [5.41, 5.74) is 0. The summed E-state index contributed by atoms with van der Waals surface area (Å²) in [6, 6.07) is -0.257. The molecule has 0 spiro atoms. The highest BCUT2D eigenvalue weighted by atomic mass is 79.9. The lowest BCUT2D eigenvalue weighted by atomic mass is 10.2. The fraction of sp³-hybridized carbons (Fsp3) is 0.667. The van der Waals surface area contributed by atoms with Crippen LogP contribution in [-0.2, 0) is 16.1 Å². The van der Waals surface area contributed by atoms with E-state index in [0.29, 0.717) is 19.6 Å². The van der Waals surface area contributed by atoms with E-state index in [1.165, 1.54) is 0 Å². The molecular weight excluding hydrogens is 298 g/mol. The number of hydrogen-bond acceptors (Lipinski definition) is 4. The lowest BCUT2D eigenvalue weighted by molar-refractivity contribution is -0.145. The van der Waals surface area contributed by atoms with Crippen LogP contribution in [0.1, 0.15) is 26.7 Å². The largest absolute Gasteiger partial charge is 0.465 e. The average molecular weight is 318 g/mol. The summed E-state index contributed by atoms with van der Waals surface area (Å²) in [7, 11) is 0. The third-order valence-electron chi connectivity index (χ3n) is 2.46. The van der Waals surface area contributed by atoms with Crippen molar-refractivity contribution in [3.63, 3.8) is 0 Å². The molecule has 5 nitrogen and oxygen atoms in total. The van der Waals surface area contributed by atoms with E-state index < -0.39 is 0 Å². The first-order chi connectivity index (χ1) is 8.67. The smallest absolute Gasteiger partial charge is 0.323 e. The number of esters is 1. The van der Waals surface area contributed by atoms with Crippen molar-refractivity contribution in [1.29, 1.82) is 0 Å². The van der Waals surface area contributed by atoms with Gasteiger partial charge in [-0.05, 0) is 42.2 Å². The normalized spacial score (nSPS) is 12.4. The van der Waals surface area contributed by atoms with Crippen LogP contribution in [0.5, 0.6) is 0 Å². The number of ether oxygens (including phenoxy) is 1. The van der Waals surface area contributed by atoms with Crippen molar-refractivity contribution in [3.8, 4) is 0 Å². The molecule has 1 unspecified atom stereocenters. The number of halogens is 1. The Bertz CT molecular complexity index is 368. The van der Waals surface area contributed by atoms with Crippen LogP contribution in [0.3, 0.4) is 0 Å². The van der Waals surface area contributed by atoms with E-state index in [2.05, 4.69) is 33.3 Å². The van der Waals surface area contributed by atoms with Gasteiger partial charge in [-0.15, -0.1) is 0 Å². The van der Waals surface area contributed by atoms with Crippen LogP contribution < -0.4 is 5.32 Å². The Hall–Kier alpha value is -0.880. The molecule has 1 N–H and O–H groups in total. The molecule has 0 saturated carbocycles. The zero-order valence-electron chi connectivity index (χ0n) is 10.9. The van der Waals surface area contributed by atoms with Gasteiger partial charge in [0.15, 0.2) is 0 Å². The molecule has 18 heavy (non-hydrogen) atoms. The minimum absolute atomic E-state index is 0.183. The molecule has 1 aromatic rings.